The first-order valence-electron chi connectivity index (χ1n) is 9.23. The molecule has 20 heavy (non-hydrogen) atoms. The predicted molar refractivity (Wildman–Crippen MR) is 94.2 cm³/mol. The first-order valence-corrected chi connectivity index (χ1v) is 9.23. The lowest BCUT2D eigenvalue weighted by Crippen LogP contribution is -2.35. The summed E-state index contributed by atoms with van der Waals surface area (Å²) in [6, 6.07) is 0. The van der Waals surface area contributed by atoms with Crippen LogP contribution >= 0.6 is 0 Å². The molecule has 122 valence electrons. The van der Waals surface area contributed by atoms with Gasteiger partial charge in [0.2, 0.25) is 0 Å². The smallest absolute Gasteiger partial charge is 0.0280 e. The minimum absolute atomic E-state index is 0.408. The van der Waals surface area contributed by atoms with E-state index < -0.39 is 0 Å². The lowest BCUT2D eigenvalue weighted by molar-refractivity contribution is 0.0578. The molecular weight excluding hydrogens is 240 g/mol. The van der Waals surface area contributed by atoms with E-state index in [2.05, 4.69) is 48.5 Å². The molecule has 0 aliphatic rings. The van der Waals surface area contributed by atoms with Gasteiger partial charge >= 0.3 is 0 Å². The monoisotopic (exact) mass is 282 g/mol. The molecule has 0 spiro atoms. The van der Waals surface area contributed by atoms with Crippen LogP contribution in [-0.2, 0) is 0 Å². The average molecular weight is 283 g/mol. The van der Waals surface area contributed by atoms with E-state index in [1.54, 1.807) is 0 Å². The van der Waals surface area contributed by atoms with Crippen LogP contribution in [0.25, 0.3) is 0 Å². The number of hydrogen-bond donors (Lipinski definition) is 0. The number of rotatable bonds is 11. The van der Waals surface area contributed by atoms with Gasteiger partial charge in [-0.15, -0.1) is 0 Å². The van der Waals surface area contributed by atoms with Gasteiger partial charge in [-0.2, -0.15) is 0 Å². The molecule has 0 rings (SSSR count). The van der Waals surface area contributed by atoms with Crippen LogP contribution in [0.2, 0.25) is 0 Å². The quantitative estimate of drug-likeness (QED) is 0.342. The van der Waals surface area contributed by atoms with Crippen molar-refractivity contribution in [2.75, 3.05) is 0 Å². The van der Waals surface area contributed by atoms with Crippen molar-refractivity contribution in [1.82, 2.24) is 0 Å². The third kappa shape index (κ3) is 7.70. The van der Waals surface area contributed by atoms with Crippen molar-refractivity contribution >= 4 is 0 Å². The van der Waals surface area contributed by atoms with Gasteiger partial charge in [0.05, 0.1) is 0 Å². The zero-order chi connectivity index (χ0) is 15.6. The molecule has 0 aliphatic heterocycles. The van der Waals surface area contributed by atoms with Crippen LogP contribution in [0.3, 0.4) is 0 Å². The highest BCUT2D eigenvalue weighted by molar-refractivity contribution is 4.86. The van der Waals surface area contributed by atoms with E-state index in [1.807, 2.05) is 0 Å². The maximum atomic E-state index is 2.45. The van der Waals surface area contributed by atoms with Gasteiger partial charge in [-0.25, -0.2) is 0 Å². The maximum absolute atomic E-state index is 2.45. The average Bonchev–Trinajstić information content (AvgIpc) is 2.35. The Labute approximate surface area is 130 Å². The molecule has 0 fully saturated rings. The molecule has 0 aromatic heterocycles. The molecule has 0 aliphatic carbocycles. The molecule has 0 saturated carbocycles. The third-order valence-corrected chi connectivity index (χ3v) is 5.91. The van der Waals surface area contributed by atoms with E-state index in [1.165, 1.54) is 64.2 Å². The Balaban J connectivity index is 3.60. The minimum Gasteiger partial charge on any atom is -0.0654 e. The normalized spacial score (nSPS) is 14.6. The standard InChI is InChI=1S/C20H42/c1-8-9-10-11-12-13-14-15-16-17-18(2)20(6,7)19(3,4)5/h18H,8-17H2,1-7H3. The summed E-state index contributed by atoms with van der Waals surface area (Å²) < 4.78 is 0. The second kappa shape index (κ2) is 9.85. The molecule has 0 N–H and O–H groups in total. The topological polar surface area (TPSA) is 0 Å². The van der Waals surface area contributed by atoms with E-state index in [9.17, 15) is 0 Å². The molecule has 0 amide bonds. The molecule has 0 aromatic carbocycles. The fourth-order valence-electron chi connectivity index (χ4n) is 2.86. The lowest BCUT2D eigenvalue weighted by atomic mass is 9.61. The van der Waals surface area contributed by atoms with Gasteiger partial charge in [0.1, 0.15) is 0 Å². The highest BCUT2D eigenvalue weighted by atomic mass is 14.4. The molecule has 0 heterocycles. The van der Waals surface area contributed by atoms with E-state index in [4.69, 9.17) is 0 Å². The Morgan fingerprint density at radius 3 is 1.45 bits per heavy atom. The first kappa shape index (κ1) is 20.0. The molecule has 1 atom stereocenters. The largest absolute Gasteiger partial charge is 0.0654 e. The van der Waals surface area contributed by atoms with Gasteiger partial charge in [-0.1, -0.05) is 113 Å². The van der Waals surface area contributed by atoms with Crippen LogP contribution in [0.4, 0.5) is 0 Å². The summed E-state index contributed by atoms with van der Waals surface area (Å²) in [5.74, 6) is 0.826. The van der Waals surface area contributed by atoms with Crippen LogP contribution in [0.1, 0.15) is 113 Å². The van der Waals surface area contributed by atoms with Crippen LogP contribution in [0, 0.1) is 16.7 Å². The van der Waals surface area contributed by atoms with Crippen LogP contribution in [0.5, 0.6) is 0 Å². The van der Waals surface area contributed by atoms with Crippen molar-refractivity contribution in [3.8, 4) is 0 Å². The van der Waals surface area contributed by atoms with Crippen LogP contribution in [-0.4, -0.2) is 0 Å². The molecule has 0 radical (unpaired) electrons. The Bertz CT molecular complexity index is 219. The molecule has 1 unspecified atom stereocenters. The summed E-state index contributed by atoms with van der Waals surface area (Å²) >= 11 is 0. The van der Waals surface area contributed by atoms with Gasteiger partial charge in [-0.3, -0.25) is 0 Å². The Morgan fingerprint density at radius 1 is 0.650 bits per heavy atom. The zero-order valence-corrected chi connectivity index (χ0v) is 15.6. The van der Waals surface area contributed by atoms with Gasteiger partial charge < -0.3 is 0 Å². The molecule has 0 heteroatoms. The van der Waals surface area contributed by atoms with Crippen molar-refractivity contribution < 1.29 is 0 Å². The SMILES string of the molecule is CCCCCCCCCCCC(C)C(C)(C)C(C)(C)C. The van der Waals surface area contributed by atoms with Gasteiger partial charge in [0.15, 0.2) is 0 Å². The van der Waals surface area contributed by atoms with E-state index in [-0.39, 0.29) is 0 Å². The van der Waals surface area contributed by atoms with Crippen molar-refractivity contribution in [3.63, 3.8) is 0 Å². The second-order valence-electron chi connectivity index (χ2n) is 8.49. The fraction of sp³-hybridized carbons (Fsp3) is 1.00. The lowest BCUT2D eigenvalue weighted by Gasteiger charge is -2.44. The third-order valence-electron chi connectivity index (χ3n) is 5.91. The van der Waals surface area contributed by atoms with Gasteiger partial charge in [0, 0.05) is 0 Å². The van der Waals surface area contributed by atoms with Crippen LogP contribution < -0.4 is 0 Å². The van der Waals surface area contributed by atoms with Crippen molar-refractivity contribution in [3.05, 3.63) is 0 Å². The zero-order valence-electron chi connectivity index (χ0n) is 15.6. The molecule has 0 saturated heterocycles. The summed E-state index contributed by atoms with van der Waals surface area (Å²) in [5.41, 5.74) is 0.846. The van der Waals surface area contributed by atoms with E-state index in [0.29, 0.717) is 10.8 Å². The summed E-state index contributed by atoms with van der Waals surface area (Å²) in [4.78, 5) is 0. The fourth-order valence-corrected chi connectivity index (χ4v) is 2.86. The highest BCUT2D eigenvalue weighted by Gasteiger charge is 2.36. The van der Waals surface area contributed by atoms with Crippen molar-refractivity contribution in [2.45, 2.75) is 113 Å². The Hall–Kier alpha value is 0. The summed E-state index contributed by atoms with van der Waals surface area (Å²) in [5, 5.41) is 0. The summed E-state index contributed by atoms with van der Waals surface area (Å²) in [7, 11) is 0. The Kier molecular flexibility index (Phi) is 9.85. The molecule has 0 aromatic rings. The van der Waals surface area contributed by atoms with Crippen molar-refractivity contribution in [1.29, 1.82) is 0 Å². The van der Waals surface area contributed by atoms with Crippen molar-refractivity contribution in [2.24, 2.45) is 16.7 Å². The Morgan fingerprint density at radius 2 is 1.05 bits per heavy atom. The predicted octanol–water partition coefficient (Wildman–Crippen LogP) is 7.62. The molecule has 0 nitrogen and oxygen atoms in total. The second-order valence-corrected chi connectivity index (χ2v) is 8.49. The molecule has 0 bridgehead atoms. The first-order chi connectivity index (χ1) is 9.23. The highest BCUT2D eigenvalue weighted by Crippen LogP contribution is 2.45. The van der Waals surface area contributed by atoms with E-state index in [0.717, 1.165) is 5.92 Å². The maximum Gasteiger partial charge on any atom is -0.0280 e. The van der Waals surface area contributed by atoms with Gasteiger partial charge in [0.25, 0.3) is 0 Å². The number of unbranched alkanes of at least 4 members (excludes halogenated alkanes) is 8. The minimum atomic E-state index is 0.408. The van der Waals surface area contributed by atoms with E-state index >= 15 is 0 Å². The van der Waals surface area contributed by atoms with Crippen LogP contribution in [0.15, 0.2) is 0 Å². The summed E-state index contributed by atoms with van der Waals surface area (Å²) in [6.45, 7) is 16.8. The number of hydrogen-bond acceptors (Lipinski definition) is 0. The molecular formula is C20H42. The summed E-state index contributed by atoms with van der Waals surface area (Å²) in [6.07, 6.45) is 14.3. The van der Waals surface area contributed by atoms with Gasteiger partial charge in [-0.05, 0) is 16.7 Å².